The van der Waals surface area contributed by atoms with Crippen LogP contribution < -0.4 is 9.30 Å². The van der Waals surface area contributed by atoms with E-state index in [4.69, 9.17) is 19.8 Å². The zero-order valence-electron chi connectivity index (χ0n) is 47.4. The van der Waals surface area contributed by atoms with Crippen molar-refractivity contribution in [2.24, 2.45) is 0 Å². The minimum Gasteiger partial charge on any atom is -0.458 e. The fourth-order valence-electron chi connectivity index (χ4n) is 10.7. The van der Waals surface area contributed by atoms with Crippen LogP contribution in [0.3, 0.4) is 0 Å². The monoisotopic (exact) mass is 1040 g/mol. The van der Waals surface area contributed by atoms with Gasteiger partial charge in [-0.1, -0.05) is 226 Å². The second-order valence-corrected chi connectivity index (χ2v) is 24.1. The highest BCUT2D eigenvalue weighted by molar-refractivity contribution is 6.10. The van der Waals surface area contributed by atoms with Gasteiger partial charge >= 0.3 is 0 Å². The molecule has 0 saturated heterocycles. The summed E-state index contributed by atoms with van der Waals surface area (Å²) >= 11 is 0. The quantitative estimate of drug-likeness (QED) is 0.101. The van der Waals surface area contributed by atoms with Crippen molar-refractivity contribution in [3.8, 4) is 84.7 Å². The predicted octanol–water partition coefficient (Wildman–Crippen LogP) is 18.2. The third-order valence-corrected chi connectivity index (χ3v) is 15.2. The SMILES string of the molecule is Cc1cc(-n2c3ccc(-c4ccccc4)cc3c3ccc(Oc4cc(-n5[c-][n+](-c6cc(C(C)(C)C)cc(C(C)(C)C)c6)c(-c6c(-c7ccccc7)cccc6-c6ccccc6)n5)nc(C(C)(C)C)c4)cc32)ncc1-c1ccccc1. The molecule has 12 rings (SSSR count). The van der Waals surface area contributed by atoms with Gasteiger partial charge in [0.05, 0.1) is 11.0 Å². The lowest BCUT2D eigenvalue weighted by Gasteiger charge is -2.27. The van der Waals surface area contributed by atoms with Crippen LogP contribution in [0, 0.1) is 13.3 Å². The molecule has 0 spiro atoms. The summed E-state index contributed by atoms with van der Waals surface area (Å²) in [6.07, 6.45) is 5.79. The van der Waals surface area contributed by atoms with Crippen molar-refractivity contribution < 1.29 is 9.30 Å². The van der Waals surface area contributed by atoms with Gasteiger partial charge in [0.15, 0.2) is 5.82 Å². The van der Waals surface area contributed by atoms with Crippen molar-refractivity contribution in [1.82, 2.24) is 24.3 Å². The summed E-state index contributed by atoms with van der Waals surface area (Å²) in [4.78, 5) is 10.6. The molecule has 0 aliphatic carbocycles. The summed E-state index contributed by atoms with van der Waals surface area (Å²) in [7, 11) is 0. The maximum Gasteiger partial charge on any atom is 0.233 e. The average molecular weight is 1040 g/mol. The van der Waals surface area contributed by atoms with E-state index in [9.17, 15) is 0 Å². The molecule has 7 nitrogen and oxygen atoms in total. The van der Waals surface area contributed by atoms with Crippen LogP contribution in [-0.4, -0.2) is 24.3 Å². The van der Waals surface area contributed by atoms with Crippen LogP contribution in [0.15, 0.2) is 219 Å². The Kier molecular flexibility index (Phi) is 13.0. The first kappa shape index (κ1) is 51.6. The molecular weight excluding hydrogens is 977 g/mol. The molecule has 0 saturated carbocycles. The highest BCUT2D eigenvalue weighted by Crippen LogP contribution is 2.42. The van der Waals surface area contributed by atoms with Gasteiger partial charge in [-0.3, -0.25) is 9.55 Å². The molecule has 7 heteroatoms. The zero-order chi connectivity index (χ0) is 55.5. The molecule has 0 N–H and O–H groups in total. The second kappa shape index (κ2) is 20.2. The van der Waals surface area contributed by atoms with Crippen LogP contribution in [0.1, 0.15) is 84.7 Å². The van der Waals surface area contributed by atoms with E-state index in [-0.39, 0.29) is 16.2 Å². The second-order valence-electron chi connectivity index (χ2n) is 24.1. The first-order valence-electron chi connectivity index (χ1n) is 27.7. The molecule has 0 radical (unpaired) electrons. The molecular formula is C73H66N6O. The maximum atomic E-state index is 7.10. The van der Waals surface area contributed by atoms with Gasteiger partial charge in [0.2, 0.25) is 12.2 Å². The summed E-state index contributed by atoms with van der Waals surface area (Å²) in [6.45, 7) is 22.4. The van der Waals surface area contributed by atoms with Gasteiger partial charge in [0, 0.05) is 63.1 Å². The van der Waals surface area contributed by atoms with Crippen LogP contribution in [-0.2, 0) is 16.2 Å². The lowest BCUT2D eigenvalue weighted by atomic mass is 9.80. The van der Waals surface area contributed by atoms with Gasteiger partial charge in [0.25, 0.3) is 0 Å². The van der Waals surface area contributed by atoms with Crippen molar-refractivity contribution in [3.63, 3.8) is 0 Å². The van der Waals surface area contributed by atoms with Crippen LogP contribution in [0.4, 0.5) is 0 Å². The Bertz CT molecular complexity index is 4160. The lowest BCUT2D eigenvalue weighted by Crippen LogP contribution is -2.33. The van der Waals surface area contributed by atoms with Gasteiger partial charge in [-0.25, -0.2) is 4.98 Å². The number of ether oxygens (including phenoxy) is 1. The normalized spacial score (nSPS) is 12.1. The van der Waals surface area contributed by atoms with E-state index in [0.29, 0.717) is 17.3 Å². The van der Waals surface area contributed by atoms with E-state index >= 15 is 0 Å². The van der Waals surface area contributed by atoms with Gasteiger partial charge in [-0.15, -0.1) is 4.68 Å². The van der Waals surface area contributed by atoms with E-state index in [1.807, 2.05) is 23.0 Å². The van der Waals surface area contributed by atoms with Crippen LogP contribution >= 0.6 is 0 Å². The number of aryl methyl sites for hydroxylation is 1. The van der Waals surface area contributed by atoms with Gasteiger partial charge in [-0.05, 0) is 109 Å². The lowest BCUT2D eigenvalue weighted by molar-refractivity contribution is -0.589. The number of hydrogen-bond acceptors (Lipinski definition) is 4. The molecule has 8 aromatic carbocycles. The number of benzene rings is 8. The fourth-order valence-corrected chi connectivity index (χ4v) is 10.7. The van der Waals surface area contributed by atoms with Crippen molar-refractivity contribution in [3.05, 3.63) is 247 Å². The zero-order valence-corrected chi connectivity index (χ0v) is 47.4. The number of nitrogens with zero attached hydrogens (tertiary/aromatic N) is 6. The Morgan fingerprint density at radius 2 is 1.02 bits per heavy atom. The van der Waals surface area contributed by atoms with Gasteiger partial charge < -0.3 is 9.30 Å². The summed E-state index contributed by atoms with van der Waals surface area (Å²) in [5.74, 6) is 3.45. The third kappa shape index (κ3) is 10.0. The smallest absolute Gasteiger partial charge is 0.233 e. The molecule has 0 fully saturated rings. The minimum atomic E-state index is -0.356. The van der Waals surface area contributed by atoms with Crippen molar-refractivity contribution >= 4 is 21.8 Å². The Morgan fingerprint density at radius 3 is 1.59 bits per heavy atom. The molecule has 0 amide bonds. The Hall–Kier alpha value is -9.20. The molecule has 0 aliphatic heterocycles. The first-order chi connectivity index (χ1) is 38.4. The summed E-state index contributed by atoms with van der Waals surface area (Å²) in [6, 6.07) is 75.1. The highest BCUT2D eigenvalue weighted by Gasteiger charge is 2.28. The molecule has 4 aromatic heterocycles. The number of fused-ring (bicyclic) bond motifs is 3. The average Bonchev–Trinajstić information content (AvgIpc) is 4.08. The fraction of sp³-hybridized carbons (Fsp3) is 0.178. The predicted molar refractivity (Wildman–Crippen MR) is 328 cm³/mol. The topological polar surface area (TPSA) is 61.6 Å². The molecule has 0 bridgehead atoms. The van der Waals surface area contributed by atoms with Gasteiger partial charge in [0.1, 0.15) is 17.3 Å². The molecule has 0 aliphatic rings. The van der Waals surface area contributed by atoms with Crippen molar-refractivity contribution in [2.45, 2.75) is 85.5 Å². The van der Waals surface area contributed by atoms with Crippen LogP contribution in [0.5, 0.6) is 11.5 Å². The standard InChI is InChI=1S/C73H66N6O/c1-48-38-67(74-46-63(48)52-30-21-14-22-31-52)79-64-37-34-53(49-24-15-11-16-25-49)39-62(64)61-36-35-57(43-65(61)79)80-58-44-66(73(8,9)10)75-68(45-58)78-47-77(56-41-54(71(2,3)4)40-55(42-56)72(5,6)7)70(76-78)69-59(50-26-17-12-18-27-50)32-23-33-60(69)51-28-19-13-20-29-51/h11-46H,1-10H3. The number of pyridine rings is 2. The Balaban J connectivity index is 1.05. The first-order valence-corrected chi connectivity index (χ1v) is 27.7. The largest absolute Gasteiger partial charge is 0.458 e. The van der Waals surface area contributed by atoms with E-state index in [1.54, 1.807) is 0 Å². The van der Waals surface area contributed by atoms with Crippen molar-refractivity contribution in [1.29, 1.82) is 0 Å². The Morgan fingerprint density at radius 1 is 0.450 bits per heavy atom. The Labute approximate surface area is 470 Å². The maximum absolute atomic E-state index is 7.10. The van der Waals surface area contributed by atoms with E-state index < -0.39 is 0 Å². The van der Waals surface area contributed by atoms with Crippen LogP contribution in [0.25, 0.3) is 95.0 Å². The number of rotatable bonds is 10. The summed E-state index contributed by atoms with van der Waals surface area (Å²) in [5, 5.41) is 7.85. The van der Waals surface area contributed by atoms with Crippen LogP contribution in [0.2, 0.25) is 0 Å². The van der Waals surface area contributed by atoms with E-state index in [2.05, 4.69) is 285 Å². The molecule has 80 heavy (non-hydrogen) atoms. The third-order valence-electron chi connectivity index (χ3n) is 15.2. The molecule has 0 unspecified atom stereocenters. The molecule has 12 aromatic rings. The number of hydrogen-bond donors (Lipinski definition) is 0. The van der Waals surface area contributed by atoms with Gasteiger partial charge in [-0.2, -0.15) is 0 Å². The van der Waals surface area contributed by atoms with E-state index in [0.717, 1.165) is 100 Å². The molecule has 0 atom stereocenters. The minimum absolute atomic E-state index is 0.135. The van der Waals surface area contributed by atoms with Crippen molar-refractivity contribution in [2.75, 3.05) is 0 Å². The number of aromatic nitrogens is 6. The molecule has 394 valence electrons. The summed E-state index contributed by atoms with van der Waals surface area (Å²) < 4.78 is 13.3. The summed E-state index contributed by atoms with van der Waals surface area (Å²) in [5.41, 5.74) is 16.7. The van der Waals surface area contributed by atoms with E-state index in [1.165, 1.54) is 11.1 Å². The molecule has 4 heterocycles. The highest BCUT2D eigenvalue weighted by atomic mass is 16.5.